The first-order valence-corrected chi connectivity index (χ1v) is 4.19. The molecule has 66 valence electrons. The summed E-state index contributed by atoms with van der Waals surface area (Å²) >= 11 is 0. The van der Waals surface area contributed by atoms with Crippen molar-refractivity contribution in [3.05, 3.63) is 24.3 Å². The molecule has 1 aromatic rings. The Balaban J connectivity index is 2.61. The number of hydrogen-bond donors (Lipinski definition) is 1. The van der Waals surface area contributed by atoms with Gasteiger partial charge in [-0.05, 0) is 20.0 Å². The van der Waals surface area contributed by atoms with Gasteiger partial charge in [0.2, 0.25) is 0 Å². The van der Waals surface area contributed by atoms with Crippen LogP contribution in [0, 0.1) is 0 Å². The summed E-state index contributed by atoms with van der Waals surface area (Å²) in [5, 5.41) is 3.05. The molecule has 1 N–H and O–H groups in total. The molecule has 0 unspecified atom stereocenters. The second-order valence-corrected chi connectivity index (χ2v) is 2.56. The molecule has 0 aliphatic rings. The Kier molecular flexibility index (Phi) is 3.54. The van der Waals surface area contributed by atoms with E-state index < -0.39 is 0 Å². The van der Waals surface area contributed by atoms with Crippen molar-refractivity contribution in [3.63, 3.8) is 0 Å². The van der Waals surface area contributed by atoms with Crippen LogP contribution in [0.15, 0.2) is 18.6 Å². The van der Waals surface area contributed by atoms with E-state index in [0.717, 1.165) is 18.8 Å². The predicted octanol–water partition coefficient (Wildman–Crippen LogP) is 1.14. The average Bonchev–Trinajstić information content (AvgIpc) is 2.52. The van der Waals surface area contributed by atoms with Crippen molar-refractivity contribution in [2.45, 2.75) is 13.5 Å². The van der Waals surface area contributed by atoms with Gasteiger partial charge in [-0.2, -0.15) is 0 Å². The molecule has 3 nitrogen and oxygen atoms in total. The average molecular weight is 165 g/mol. The molecule has 0 saturated heterocycles. The smallest absolute Gasteiger partial charge is 0.0950 e. The lowest BCUT2D eigenvalue weighted by atomic mass is 10.4. The molecule has 0 aromatic carbocycles. The van der Waals surface area contributed by atoms with Gasteiger partial charge in [-0.15, -0.1) is 0 Å². The third-order valence-electron chi connectivity index (χ3n) is 1.70. The van der Waals surface area contributed by atoms with Crippen LogP contribution in [-0.2, 0) is 6.54 Å². The number of rotatable bonds is 4. The van der Waals surface area contributed by atoms with Gasteiger partial charge in [0.05, 0.1) is 18.2 Å². The SMILES string of the molecule is CCn1cncc1C=CCNC. The highest BCUT2D eigenvalue weighted by molar-refractivity contribution is 5.43. The molecule has 0 bridgehead atoms. The van der Waals surface area contributed by atoms with Gasteiger partial charge in [-0.3, -0.25) is 0 Å². The molecular weight excluding hydrogens is 150 g/mol. The molecule has 0 aliphatic carbocycles. The summed E-state index contributed by atoms with van der Waals surface area (Å²) in [6, 6.07) is 0. The van der Waals surface area contributed by atoms with Crippen molar-refractivity contribution in [1.82, 2.24) is 14.9 Å². The van der Waals surface area contributed by atoms with Gasteiger partial charge in [0.15, 0.2) is 0 Å². The second kappa shape index (κ2) is 4.72. The molecule has 0 amide bonds. The minimum Gasteiger partial charge on any atom is -0.331 e. The molecule has 1 aromatic heterocycles. The minimum absolute atomic E-state index is 0.898. The van der Waals surface area contributed by atoms with E-state index in [1.807, 2.05) is 19.6 Å². The highest BCUT2D eigenvalue weighted by atomic mass is 15.0. The minimum atomic E-state index is 0.898. The number of nitrogens with one attached hydrogen (secondary N) is 1. The summed E-state index contributed by atoms with van der Waals surface area (Å²) in [5.74, 6) is 0. The van der Waals surface area contributed by atoms with Crippen LogP contribution >= 0.6 is 0 Å². The number of aromatic nitrogens is 2. The van der Waals surface area contributed by atoms with Crippen LogP contribution in [0.3, 0.4) is 0 Å². The van der Waals surface area contributed by atoms with E-state index in [1.54, 1.807) is 0 Å². The Hall–Kier alpha value is -1.09. The summed E-state index contributed by atoms with van der Waals surface area (Å²) in [6.07, 6.45) is 7.88. The lowest BCUT2D eigenvalue weighted by Gasteiger charge is -1.98. The topological polar surface area (TPSA) is 29.9 Å². The normalized spacial score (nSPS) is 11.2. The fourth-order valence-electron chi connectivity index (χ4n) is 1.03. The third-order valence-corrected chi connectivity index (χ3v) is 1.70. The van der Waals surface area contributed by atoms with Crippen molar-refractivity contribution in [1.29, 1.82) is 0 Å². The van der Waals surface area contributed by atoms with E-state index >= 15 is 0 Å². The fourth-order valence-corrected chi connectivity index (χ4v) is 1.03. The number of imidazole rings is 1. The highest BCUT2D eigenvalue weighted by Crippen LogP contribution is 2.00. The molecule has 0 spiro atoms. The van der Waals surface area contributed by atoms with Crippen molar-refractivity contribution in [3.8, 4) is 0 Å². The molecule has 0 fully saturated rings. The van der Waals surface area contributed by atoms with Crippen LogP contribution < -0.4 is 5.32 Å². The monoisotopic (exact) mass is 165 g/mol. The van der Waals surface area contributed by atoms with Crippen LogP contribution in [0.2, 0.25) is 0 Å². The van der Waals surface area contributed by atoms with Crippen molar-refractivity contribution < 1.29 is 0 Å². The van der Waals surface area contributed by atoms with Crippen LogP contribution in [0.5, 0.6) is 0 Å². The Morgan fingerprint density at radius 2 is 2.50 bits per heavy atom. The predicted molar refractivity (Wildman–Crippen MR) is 50.9 cm³/mol. The first-order valence-electron chi connectivity index (χ1n) is 4.19. The highest BCUT2D eigenvalue weighted by Gasteiger charge is 1.92. The van der Waals surface area contributed by atoms with E-state index in [1.165, 1.54) is 0 Å². The summed E-state index contributed by atoms with van der Waals surface area (Å²) in [5.41, 5.74) is 1.16. The molecule has 0 atom stereocenters. The van der Waals surface area contributed by atoms with Crippen molar-refractivity contribution in [2.24, 2.45) is 0 Å². The largest absolute Gasteiger partial charge is 0.331 e. The second-order valence-electron chi connectivity index (χ2n) is 2.56. The van der Waals surface area contributed by atoms with Crippen molar-refractivity contribution in [2.75, 3.05) is 13.6 Å². The van der Waals surface area contributed by atoms with Gasteiger partial charge in [0, 0.05) is 13.1 Å². The summed E-state index contributed by atoms with van der Waals surface area (Å²) in [4.78, 5) is 4.06. The quantitative estimate of drug-likeness (QED) is 0.725. The third kappa shape index (κ3) is 2.20. The maximum atomic E-state index is 4.06. The molecule has 1 rings (SSSR count). The standard InChI is InChI=1S/C9H15N3/c1-3-12-8-11-7-9(12)5-4-6-10-2/h4-5,7-8,10H,3,6H2,1-2H3. The van der Waals surface area contributed by atoms with Gasteiger partial charge < -0.3 is 9.88 Å². The molecular formula is C9H15N3. The van der Waals surface area contributed by atoms with Gasteiger partial charge in [0.25, 0.3) is 0 Å². The van der Waals surface area contributed by atoms with Gasteiger partial charge in [0.1, 0.15) is 0 Å². The summed E-state index contributed by atoms with van der Waals surface area (Å²) in [7, 11) is 1.93. The number of nitrogens with zero attached hydrogens (tertiary/aromatic N) is 2. The number of likely N-dealkylation sites (N-methyl/N-ethyl adjacent to an activating group) is 1. The lowest BCUT2D eigenvalue weighted by Crippen LogP contribution is -2.04. The number of aryl methyl sites for hydroxylation is 1. The van der Waals surface area contributed by atoms with Crippen LogP contribution in [0.1, 0.15) is 12.6 Å². The molecule has 0 aliphatic heterocycles. The van der Waals surface area contributed by atoms with Gasteiger partial charge in [-0.1, -0.05) is 6.08 Å². The molecule has 3 heteroatoms. The van der Waals surface area contributed by atoms with E-state index in [4.69, 9.17) is 0 Å². The Bertz CT molecular complexity index is 250. The van der Waals surface area contributed by atoms with E-state index in [2.05, 4.69) is 33.9 Å². The number of hydrogen-bond acceptors (Lipinski definition) is 2. The Morgan fingerprint density at radius 1 is 1.67 bits per heavy atom. The van der Waals surface area contributed by atoms with Crippen LogP contribution in [0.25, 0.3) is 6.08 Å². The Labute approximate surface area is 73.1 Å². The maximum absolute atomic E-state index is 4.06. The molecule has 0 radical (unpaired) electrons. The molecule has 12 heavy (non-hydrogen) atoms. The lowest BCUT2D eigenvalue weighted by molar-refractivity contribution is 0.754. The zero-order valence-electron chi connectivity index (χ0n) is 7.62. The zero-order chi connectivity index (χ0) is 8.81. The molecule has 1 heterocycles. The zero-order valence-corrected chi connectivity index (χ0v) is 7.62. The Morgan fingerprint density at radius 3 is 3.17 bits per heavy atom. The van der Waals surface area contributed by atoms with Crippen LogP contribution in [-0.4, -0.2) is 23.1 Å². The fraction of sp³-hybridized carbons (Fsp3) is 0.444. The van der Waals surface area contributed by atoms with E-state index in [0.29, 0.717) is 0 Å². The summed E-state index contributed by atoms with van der Waals surface area (Å²) in [6.45, 7) is 3.98. The van der Waals surface area contributed by atoms with Gasteiger partial charge in [-0.25, -0.2) is 4.98 Å². The van der Waals surface area contributed by atoms with Crippen molar-refractivity contribution >= 4 is 6.08 Å². The first-order chi connectivity index (χ1) is 5.88. The van der Waals surface area contributed by atoms with E-state index in [-0.39, 0.29) is 0 Å². The first kappa shape index (κ1) is 9.00. The molecule has 0 saturated carbocycles. The summed E-state index contributed by atoms with van der Waals surface area (Å²) < 4.78 is 2.10. The van der Waals surface area contributed by atoms with E-state index in [9.17, 15) is 0 Å². The van der Waals surface area contributed by atoms with Gasteiger partial charge >= 0.3 is 0 Å². The van der Waals surface area contributed by atoms with Crippen LogP contribution in [0.4, 0.5) is 0 Å². The maximum Gasteiger partial charge on any atom is 0.0950 e.